The summed E-state index contributed by atoms with van der Waals surface area (Å²) < 4.78 is 0.838. The number of piperidine rings is 1. The highest BCUT2D eigenvalue weighted by molar-refractivity contribution is 9.10. The van der Waals surface area contributed by atoms with E-state index in [9.17, 15) is 9.59 Å². The molecule has 1 aromatic heterocycles. The van der Waals surface area contributed by atoms with Gasteiger partial charge in [-0.3, -0.25) is 4.79 Å². The quantitative estimate of drug-likeness (QED) is 0.546. The van der Waals surface area contributed by atoms with Gasteiger partial charge in [-0.05, 0) is 53.0 Å². The van der Waals surface area contributed by atoms with Crippen molar-refractivity contribution in [3.8, 4) is 0 Å². The number of likely N-dealkylation sites (tertiary alicyclic amines) is 1. The van der Waals surface area contributed by atoms with Crippen molar-refractivity contribution in [2.75, 3.05) is 23.7 Å². The number of hydrogen-bond donors (Lipinski definition) is 2. The molecule has 2 aromatic carbocycles. The number of carbonyl (C=O) groups excluding carboxylic acids is 2. The Morgan fingerprint density at radius 3 is 2.60 bits per heavy atom. The zero-order valence-electron chi connectivity index (χ0n) is 16.0. The molecule has 3 amide bonds. The number of nitrogens with one attached hydrogen (secondary N) is 2. The van der Waals surface area contributed by atoms with Crippen LogP contribution < -0.4 is 10.6 Å². The molecule has 2 heterocycles. The van der Waals surface area contributed by atoms with Crippen molar-refractivity contribution in [2.24, 2.45) is 0 Å². The summed E-state index contributed by atoms with van der Waals surface area (Å²) in [6, 6.07) is 16.6. The van der Waals surface area contributed by atoms with Gasteiger partial charge in [0.1, 0.15) is 5.01 Å². The molecule has 1 saturated heterocycles. The second kappa shape index (κ2) is 9.36. The summed E-state index contributed by atoms with van der Waals surface area (Å²) in [6.07, 6.45) is 1.78. The summed E-state index contributed by atoms with van der Waals surface area (Å²) in [5.41, 5.74) is 1.45. The first kappa shape index (κ1) is 20.5. The first-order valence-electron chi connectivity index (χ1n) is 9.60. The second-order valence-electron chi connectivity index (χ2n) is 6.96. The molecule has 2 N–H and O–H groups in total. The zero-order valence-corrected chi connectivity index (χ0v) is 18.4. The van der Waals surface area contributed by atoms with Gasteiger partial charge in [-0.1, -0.05) is 41.7 Å². The molecule has 0 radical (unpaired) electrons. The lowest BCUT2D eigenvalue weighted by atomic mass is 9.99. The summed E-state index contributed by atoms with van der Waals surface area (Å²) >= 11 is 4.74. The predicted molar refractivity (Wildman–Crippen MR) is 121 cm³/mol. The molecule has 3 aromatic rings. The molecule has 0 aliphatic carbocycles. The molecule has 154 valence electrons. The van der Waals surface area contributed by atoms with E-state index in [1.165, 1.54) is 11.3 Å². The Morgan fingerprint density at radius 1 is 1.03 bits per heavy atom. The number of halogens is 1. The van der Waals surface area contributed by atoms with E-state index in [0.29, 0.717) is 23.8 Å². The molecule has 0 spiro atoms. The van der Waals surface area contributed by atoms with Crippen molar-refractivity contribution in [1.82, 2.24) is 15.1 Å². The third-order valence-corrected chi connectivity index (χ3v) is 6.62. The summed E-state index contributed by atoms with van der Waals surface area (Å²) in [5.74, 6) is -0.205. The number of aromatic nitrogens is 2. The molecule has 0 saturated carbocycles. The van der Waals surface area contributed by atoms with Gasteiger partial charge in [-0.15, -0.1) is 10.2 Å². The number of para-hydroxylation sites is 2. The lowest BCUT2D eigenvalue weighted by Crippen LogP contribution is -2.41. The van der Waals surface area contributed by atoms with Crippen molar-refractivity contribution >= 4 is 50.6 Å². The molecule has 1 aliphatic rings. The molecule has 0 unspecified atom stereocenters. The van der Waals surface area contributed by atoms with Crippen LogP contribution in [-0.4, -0.2) is 40.1 Å². The molecular formula is C21H20BrN5O2S. The Morgan fingerprint density at radius 2 is 1.80 bits per heavy atom. The molecule has 4 rings (SSSR count). The molecule has 9 heteroatoms. The summed E-state index contributed by atoms with van der Waals surface area (Å²) in [6.45, 7) is 1.23. The van der Waals surface area contributed by atoms with Crippen LogP contribution >= 0.6 is 27.3 Å². The van der Waals surface area contributed by atoms with E-state index >= 15 is 0 Å². The van der Waals surface area contributed by atoms with Crippen molar-refractivity contribution in [1.29, 1.82) is 0 Å². The fourth-order valence-electron chi connectivity index (χ4n) is 3.32. The Bertz CT molecular complexity index is 1040. The van der Waals surface area contributed by atoms with Crippen LogP contribution in [0.3, 0.4) is 0 Å². The van der Waals surface area contributed by atoms with Gasteiger partial charge >= 0.3 is 6.03 Å². The number of amides is 3. The summed E-state index contributed by atoms with van der Waals surface area (Å²) in [4.78, 5) is 26.9. The van der Waals surface area contributed by atoms with Gasteiger partial charge in [0.15, 0.2) is 0 Å². The number of urea groups is 1. The second-order valence-corrected chi connectivity index (χ2v) is 8.82. The monoisotopic (exact) mass is 485 g/mol. The van der Waals surface area contributed by atoms with E-state index in [1.54, 1.807) is 4.90 Å². The third kappa shape index (κ3) is 4.85. The summed E-state index contributed by atoms with van der Waals surface area (Å²) in [7, 11) is 0. The van der Waals surface area contributed by atoms with Gasteiger partial charge < -0.3 is 15.5 Å². The average Bonchev–Trinajstić information content (AvgIpc) is 3.27. The Balaban J connectivity index is 1.39. The van der Waals surface area contributed by atoms with E-state index < -0.39 is 0 Å². The van der Waals surface area contributed by atoms with E-state index in [1.807, 2.05) is 54.6 Å². The maximum absolute atomic E-state index is 12.7. The van der Waals surface area contributed by atoms with Crippen LogP contribution in [0.25, 0.3) is 0 Å². The number of benzene rings is 2. The normalized spacial score (nSPS) is 16.2. The van der Waals surface area contributed by atoms with E-state index in [-0.39, 0.29) is 17.9 Å². The molecule has 1 fully saturated rings. The van der Waals surface area contributed by atoms with Gasteiger partial charge in [0.25, 0.3) is 5.91 Å². The topological polar surface area (TPSA) is 87.2 Å². The third-order valence-electron chi connectivity index (χ3n) is 4.84. The van der Waals surface area contributed by atoms with Crippen molar-refractivity contribution in [2.45, 2.75) is 18.8 Å². The zero-order chi connectivity index (χ0) is 20.9. The fraction of sp³-hybridized carbons (Fsp3) is 0.238. The fourth-order valence-corrected chi connectivity index (χ4v) is 4.57. The minimum absolute atomic E-state index is 0.0690. The highest BCUT2D eigenvalue weighted by Crippen LogP contribution is 2.30. The smallest absolute Gasteiger partial charge is 0.321 e. The van der Waals surface area contributed by atoms with Crippen LogP contribution in [0.2, 0.25) is 0 Å². The maximum Gasteiger partial charge on any atom is 0.321 e. The molecule has 1 aliphatic heterocycles. The van der Waals surface area contributed by atoms with Crippen LogP contribution in [0.15, 0.2) is 59.1 Å². The van der Waals surface area contributed by atoms with Crippen LogP contribution in [-0.2, 0) is 0 Å². The Kier molecular flexibility index (Phi) is 6.39. The maximum atomic E-state index is 12.7. The Hall–Kier alpha value is -2.78. The van der Waals surface area contributed by atoms with Gasteiger partial charge in [0, 0.05) is 29.2 Å². The first-order chi connectivity index (χ1) is 14.6. The molecule has 0 bridgehead atoms. The Labute approximate surface area is 186 Å². The highest BCUT2D eigenvalue weighted by atomic mass is 79.9. The largest absolute Gasteiger partial charge is 0.324 e. The number of carbonyl (C=O) groups is 2. The summed E-state index contributed by atoms with van der Waals surface area (Å²) in [5, 5.41) is 15.2. The number of anilines is 2. The predicted octanol–water partition coefficient (Wildman–Crippen LogP) is 4.96. The molecule has 1 atom stereocenters. The van der Waals surface area contributed by atoms with Crippen molar-refractivity contribution in [3.63, 3.8) is 0 Å². The number of hydrogen-bond acceptors (Lipinski definition) is 5. The minimum atomic E-state index is -0.274. The number of rotatable bonds is 4. The average molecular weight is 486 g/mol. The number of nitrogens with zero attached hydrogens (tertiary/aromatic N) is 3. The molecular weight excluding hydrogens is 466 g/mol. The van der Waals surface area contributed by atoms with Gasteiger partial charge in [0.2, 0.25) is 5.01 Å². The standard InChI is InChI=1S/C21H20BrN5O2S/c22-16-10-4-5-11-17(16)24-21(29)27-12-6-7-14(13-27)19-25-26-20(30-19)18(28)23-15-8-2-1-3-9-15/h1-5,8-11,14H,6-7,12-13H2,(H,23,28)(H,24,29)/t14-/m0/s1. The first-order valence-corrected chi connectivity index (χ1v) is 11.2. The van der Waals surface area contributed by atoms with Gasteiger partial charge in [-0.25, -0.2) is 4.79 Å². The van der Waals surface area contributed by atoms with Crippen LogP contribution in [0.5, 0.6) is 0 Å². The molecule has 7 nitrogen and oxygen atoms in total. The highest BCUT2D eigenvalue weighted by Gasteiger charge is 2.28. The van der Waals surface area contributed by atoms with Crippen molar-refractivity contribution in [3.05, 3.63) is 69.1 Å². The molecule has 30 heavy (non-hydrogen) atoms. The van der Waals surface area contributed by atoms with E-state index in [0.717, 1.165) is 28.0 Å². The van der Waals surface area contributed by atoms with Gasteiger partial charge in [0.05, 0.1) is 5.69 Å². The van der Waals surface area contributed by atoms with E-state index in [2.05, 4.69) is 36.8 Å². The SMILES string of the molecule is O=C(Nc1ccccc1)c1nnc([C@H]2CCCN(C(=O)Nc3ccccc3Br)C2)s1. The van der Waals surface area contributed by atoms with E-state index in [4.69, 9.17) is 0 Å². The van der Waals surface area contributed by atoms with Crippen molar-refractivity contribution < 1.29 is 9.59 Å². The van der Waals surface area contributed by atoms with Gasteiger partial charge in [-0.2, -0.15) is 0 Å². The lowest BCUT2D eigenvalue weighted by molar-refractivity contribution is 0.102. The van der Waals surface area contributed by atoms with Crippen LogP contribution in [0.1, 0.15) is 33.6 Å². The van der Waals surface area contributed by atoms with Crippen LogP contribution in [0.4, 0.5) is 16.2 Å². The van der Waals surface area contributed by atoms with Crippen LogP contribution in [0, 0.1) is 0 Å². The lowest BCUT2D eigenvalue weighted by Gasteiger charge is -2.31. The minimum Gasteiger partial charge on any atom is -0.324 e.